The van der Waals surface area contributed by atoms with Crippen molar-refractivity contribution in [3.8, 4) is 0 Å². The molecule has 0 bridgehead atoms. The molecule has 3 heteroatoms. The van der Waals surface area contributed by atoms with E-state index in [4.69, 9.17) is 5.84 Å². The summed E-state index contributed by atoms with van der Waals surface area (Å²) in [6, 6.07) is 0. The molecule has 1 heterocycles. The first-order valence-corrected chi connectivity index (χ1v) is 3.55. The number of hydrazine groups is 1. The summed E-state index contributed by atoms with van der Waals surface area (Å²) in [6.07, 6.45) is 3.99. The SMILES string of the molecule is Cl.NN1CC2=C(CCC2)C1. The first-order chi connectivity index (χ1) is 4.36. The van der Waals surface area contributed by atoms with Crippen LogP contribution in [0.15, 0.2) is 11.1 Å². The Morgan fingerprint density at radius 3 is 2.10 bits per heavy atom. The topological polar surface area (TPSA) is 29.3 Å². The smallest absolute Gasteiger partial charge is 0.0345 e. The van der Waals surface area contributed by atoms with E-state index in [0.29, 0.717) is 0 Å². The summed E-state index contributed by atoms with van der Waals surface area (Å²) in [7, 11) is 0. The highest BCUT2D eigenvalue weighted by Gasteiger charge is 2.22. The molecule has 2 aliphatic rings. The van der Waals surface area contributed by atoms with E-state index in [1.807, 2.05) is 5.01 Å². The van der Waals surface area contributed by atoms with E-state index in [1.54, 1.807) is 11.1 Å². The third kappa shape index (κ3) is 1.19. The van der Waals surface area contributed by atoms with Crippen LogP contribution in [0.1, 0.15) is 19.3 Å². The van der Waals surface area contributed by atoms with Crippen LogP contribution in [0.3, 0.4) is 0 Å². The molecular formula is C7H13ClN2. The van der Waals surface area contributed by atoms with E-state index in [9.17, 15) is 0 Å². The summed E-state index contributed by atoms with van der Waals surface area (Å²) in [5, 5.41) is 1.91. The highest BCUT2D eigenvalue weighted by molar-refractivity contribution is 5.85. The van der Waals surface area contributed by atoms with E-state index >= 15 is 0 Å². The predicted octanol–water partition coefficient (Wildman–Crippen LogP) is 1.08. The van der Waals surface area contributed by atoms with Gasteiger partial charge in [0.05, 0.1) is 0 Å². The third-order valence-electron chi connectivity index (χ3n) is 2.25. The molecule has 2 nitrogen and oxygen atoms in total. The molecule has 0 fully saturated rings. The van der Waals surface area contributed by atoms with Gasteiger partial charge in [0.1, 0.15) is 0 Å². The summed E-state index contributed by atoms with van der Waals surface area (Å²) >= 11 is 0. The summed E-state index contributed by atoms with van der Waals surface area (Å²) < 4.78 is 0. The summed E-state index contributed by atoms with van der Waals surface area (Å²) in [6.45, 7) is 2.07. The van der Waals surface area contributed by atoms with E-state index in [2.05, 4.69) is 0 Å². The third-order valence-corrected chi connectivity index (χ3v) is 2.25. The molecule has 0 saturated carbocycles. The van der Waals surface area contributed by atoms with Gasteiger partial charge in [0.2, 0.25) is 0 Å². The van der Waals surface area contributed by atoms with Gasteiger partial charge in [-0.1, -0.05) is 11.1 Å². The standard InChI is InChI=1S/C7H12N2.ClH/c8-9-4-6-2-1-3-7(6)5-9;/h1-5,8H2;1H. The largest absolute Gasteiger partial charge is 0.268 e. The minimum atomic E-state index is 0. The van der Waals surface area contributed by atoms with Crippen LogP contribution in [0, 0.1) is 0 Å². The van der Waals surface area contributed by atoms with Crippen molar-refractivity contribution in [1.82, 2.24) is 5.01 Å². The Kier molecular flexibility index (Phi) is 2.34. The van der Waals surface area contributed by atoms with Crippen LogP contribution in [0.5, 0.6) is 0 Å². The number of hydrogen-bond acceptors (Lipinski definition) is 2. The second-order valence-electron chi connectivity index (χ2n) is 2.97. The molecule has 0 radical (unpaired) electrons. The second kappa shape index (κ2) is 2.91. The zero-order valence-corrected chi connectivity index (χ0v) is 6.78. The summed E-state index contributed by atoms with van der Waals surface area (Å²) in [5.41, 5.74) is 3.25. The molecule has 0 aromatic rings. The Hall–Kier alpha value is -0.0500. The maximum Gasteiger partial charge on any atom is 0.0345 e. The van der Waals surface area contributed by atoms with E-state index < -0.39 is 0 Å². The van der Waals surface area contributed by atoms with Gasteiger partial charge in [-0.3, -0.25) is 5.84 Å². The zero-order valence-electron chi connectivity index (χ0n) is 5.97. The fourth-order valence-corrected chi connectivity index (χ4v) is 1.80. The minimum Gasteiger partial charge on any atom is -0.268 e. The van der Waals surface area contributed by atoms with Crippen molar-refractivity contribution in [2.45, 2.75) is 19.3 Å². The van der Waals surface area contributed by atoms with Crippen molar-refractivity contribution in [3.63, 3.8) is 0 Å². The van der Waals surface area contributed by atoms with Crippen LogP contribution >= 0.6 is 12.4 Å². The number of nitrogens with zero attached hydrogens (tertiary/aromatic N) is 1. The van der Waals surface area contributed by atoms with Crippen molar-refractivity contribution in [2.24, 2.45) is 5.84 Å². The number of halogens is 1. The maximum atomic E-state index is 5.62. The minimum absolute atomic E-state index is 0. The van der Waals surface area contributed by atoms with Gasteiger partial charge in [-0.15, -0.1) is 12.4 Å². The predicted molar refractivity (Wildman–Crippen MR) is 43.9 cm³/mol. The molecule has 2 rings (SSSR count). The van der Waals surface area contributed by atoms with Crippen molar-refractivity contribution in [3.05, 3.63) is 11.1 Å². The van der Waals surface area contributed by atoms with Crippen molar-refractivity contribution < 1.29 is 0 Å². The lowest BCUT2D eigenvalue weighted by Crippen LogP contribution is -2.29. The van der Waals surface area contributed by atoms with Gasteiger partial charge >= 0.3 is 0 Å². The molecule has 0 atom stereocenters. The average molecular weight is 161 g/mol. The van der Waals surface area contributed by atoms with Crippen molar-refractivity contribution in [1.29, 1.82) is 0 Å². The van der Waals surface area contributed by atoms with Gasteiger partial charge in [0.25, 0.3) is 0 Å². The lowest BCUT2D eigenvalue weighted by Gasteiger charge is -2.08. The summed E-state index contributed by atoms with van der Waals surface area (Å²) in [5.74, 6) is 5.62. The lowest BCUT2D eigenvalue weighted by molar-refractivity contribution is 0.352. The van der Waals surface area contributed by atoms with Crippen LogP contribution in [0.25, 0.3) is 0 Å². The van der Waals surface area contributed by atoms with Crippen LogP contribution in [-0.4, -0.2) is 18.1 Å². The Balaban J connectivity index is 0.000000500. The average Bonchev–Trinajstić information content (AvgIpc) is 2.22. The molecule has 2 N–H and O–H groups in total. The van der Waals surface area contributed by atoms with Crippen molar-refractivity contribution >= 4 is 12.4 Å². The van der Waals surface area contributed by atoms with Crippen LogP contribution in [0.4, 0.5) is 0 Å². The quantitative estimate of drug-likeness (QED) is 0.425. The Morgan fingerprint density at radius 2 is 1.60 bits per heavy atom. The van der Waals surface area contributed by atoms with Gasteiger partial charge in [0.15, 0.2) is 0 Å². The zero-order chi connectivity index (χ0) is 6.27. The van der Waals surface area contributed by atoms with E-state index in [1.165, 1.54) is 19.3 Å². The maximum absolute atomic E-state index is 5.62. The first kappa shape index (κ1) is 8.05. The molecule has 58 valence electrons. The summed E-state index contributed by atoms with van der Waals surface area (Å²) in [4.78, 5) is 0. The molecule has 10 heavy (non-hydrogen) atoms. The molecule has 0 unspecified atom stereocenters. The van der Waals surface area contributed by atoms with Crippen LogP contribution in [0.2, 0.25) is 0 Å². The highest BCUT2D eigenvalue weighted by atomic mass is 35.5. The lowest BCUT2D eigenvalue weighted by atomic mass is 10.2. The second-order valence-corrected chi connectivity index (χ2v) is 2.97. The van der Waals surface area contributed by atoms with Gasteiger partial charge in [-0.05, 0) is 19.3 Å². The number of nitrogens with two attached hydrogens (primary N) is 1. The Bertz CT molecular complexity index is 149. The van der Waals surface area contributed by atoms with E-state index in [-0.39, 0.29) is 12.4 Å². The number of hydrogen-bond donors (Lipinski definition) is 1. The first-order valence-electron chi connectivity index (χ1n) is 3.55. The fourth-order valence-electron chi connectivity index (χ4n) is 1.80. The van der Waals surface area contributed by atoms with Gasteiger partial charge in [0, 0.05) is 13.1 Å². The molecule has 1 aliphatic carbocycles. The van der Waals surface area contributed by atoms with Gasteiger partial charge in [-0.25, -0.2) is 5.01 Å². The molecule has 0 aromatic carbocycles. The molecule has 0 amide bonds. The number of rotatable bonds is 0. The molecule has 0 aromatic heterocycles. The fraction of sp³-hybridized carbons (Fsp3) is 0.714. The van der Waals surface area contributed by atoms with Gasteiger partial charge < -0.3 is 0 Å². The normalized spacial score (nSPS) is 24.9. The van der Waals surface area contributed by atoms with Crippen molar-refractivity contribution in [2.75, 3.05) is 13.1 Å². The molecule has 1 aliphatic heterocycles. The Labute approximate surface area is 67.5 Å². The highest BCUT2D eigenvalue weighted by Crippen LogP contribution is 2.30. The van der Waals surface area contributed by atoms with Crippen LogP contribution < -0.4 is 5.84 Å². The Morgan fingerprint density at radius 1 is 1.10 bits per heavy atom. The van der Waals surface area contributed by atoms with Crippen LogP contribution in [-0.2, 0) is 0 Å². The van der Waals surface area contributed by atoms with E-state index in [0.717, 1.165) is 13.1 Å². The molecular weight excluding hydrogens is 148 g/mol. The molecule has 0 saturated heterocycles. The molecule has 0 spiro atoms. The van der Waals surface area contributed by atoms with Gasteiger partial charge in [-0.2, -0.15) is 0 Å². The monoisotopic (exact) mass is 160 g/mol.